The Morgan fingerprint density at radius 3 is 2.50 bits per heavy atom. The molecule has 0 N–H and O–H groups in total. The number of rotatable bonds is 5. The number of unbranched alkanes of at least 4 members (excludes halogenated alkanes) is 1. The lowest BCUT2D eigenvalue weighted by molar-refractivity contribution is -0.155. The highest BCUT2D eigenvalue weighted by Gasteiger charge is 2.24. The Bertz CT molecular complexity index is 143. The molecule has 0 fully saturated rings. The average molecular weight is 171 g/mol. The average Bonchev–Trinajstić information content (AvgIpc) is 2.00. The van der Waals surface area contributed by atoms with Crippen LogP contribution in [0.2, 0.25) is 0 Å². The SMILES string of the molecule is [CH2]CC(C)(CCCC)OC(C)=O. The molecule has 0 saturated heterocycles. The molecule has 0 amide bonds. The number of carbonyl (C=O) groups is 1. The van der Waals surface area contributed by atoms with Gasteiger partial charge in [-0.2, -0.15) is 0 Å². The second-order valence-electron chi connectivity index (χ2n) is 3.40. The van der Waals surface area contributed by atoms with E-state index in [0.29, 0.717) is 6.42 Å². The van der Waals surface area contributed by atoms with Gasteiger partial charge in [-0.05, 0) is 33.1 Å². The molecule has 71 valence electrons. The minimum absolute atomic E-state index is 0.211. The zero-order chi connectivity index (χ0) is 9.61. The van der Waals surface area contributed by atoms with Crippen molar-refractivity contribution in [2.45, 2.75) is 52.1 Å². The van der Waals surface area contributed by atoms with Crippen molar-refractivity contribution in [2.24, 2.45) is 0 Å². The van der Waals surface area contributed by atoms with Crippen molar-refractivity contribution < 1.29 is 9.53 Å². The summed E-state index contributed by atoms with van der Waals surface area (Å²) in [5, 5.41) is 0. The van der Waals surface area contributed by atoms with E-state index in [2.05, 4.69) is 13.8 Å². The Labute approximate surface area is 75.3 Å². The fourth-order valence-electron chi connectivity index (χ4n) is 1.12. The van der Waals surface area contributed by atoms with Crippen LogP contribution in [0.1, 0.15) is 46.5 Å². The summed E-state index contributed by atoms with van der Waals surface area (Å²) in [6.45, 7) is 9.29. The van der Waals surface area contributed by atoms with E-state index in [1.807, 2.05) is 6.92 Å². The van der Waals surface area contributed by atoms with Crippen molar-refractivity contribution in [3.05, 3.63) is 6.92 Å². The fourth-order valence-corrected chi connectivity index (χ4v) is 1.12. The van der Waals surface area contributed by atoms with E-state index >= 15 is 0 Å². The summed E-state index contributed by atoms with van der Waals surface area (Å²) in [6.07, 6.45) is 3.76. The first-order valence-electron chi connectivity index (χ1n) is 4.53. The number of hydrogen-bond donors (Lipinski definition) is 0. The van der Waals surface area contributed by atoms with E-state index in [4.69, 9.17) is 4.74 Å². The zero-order valence-corrected chi connectivity index (χ0v) is 8.35. The first kappa shape index (κ1) is 11.5. The number of ether oxygens (including phenoxy) is 1. The van der Waals surface area contributed by atoms with Gasteiger partial charge in [-0.3, -0.25) is 4.79 Å². The van der Waals surface area contributed by atoms with Gasteiger partial charge in [0.2, 0.25) is 0 Å². The van der Waals surface area contributed by atoms with Gasteiger partial charge in [-0.15, -0.1) is 0 Å². The summed E-state index contributed by atoms with van der Waals surface area (Å²) in [6, 6.07) is 0. The second-order valence-corrected chi connectivity index (χ2v) is 3.40. The first-order chi connectivity index (χ1) is 5.54. The van der Waals surface area contributed by atoms with Crippen LogP contribution in [0.3, 0.4) is 0 Å². The van der Waals surface area contributed by atoms with Crippen LogP contribution in [0.15, 0.2) is 0 Å². The molecule has 0 spiro atoms. The van der Waals surface area contributed by atoms with Crippen LogP contribution in [0, 0.1) is 6.92 Å². The maximum atomic E-state index is 10.7. The Morgan fingerprint density at radius 1 is 1.58 bits per heavy atom. The molecule has 1 atom stereocenters. The zero-order valence-electron chi connectivity index (χ0n) is 8.35. The Morgan fingerprint density at radius 2 is 2.17 bits per heavy atom. The molecule has 0 aromatic heterocycles. The lowest BCUT2D eigenvalue weighted by Crippen LogP contribution is -2.29. The topological polar surface area (TPSA) is 26.3 Å². The Kier molecular flexibility index (Phi) is 4.95. The van der Waals surface area contributed by atoms with Crippen molar-refractivity contribution in [2.75, 3.05) is 0 Å². The maximum absolute atomic E-state index is 10.7. The molecule has 0 heterocycles. The minimum Gasteiger partial charge on any atom is -0.460 e. The second kappa shape index (κ2) is 5.18. The van der Waals surface area contributed by atoms with Gasteiger partial charge >= 0.3 is 5.97 Å². The van der Waals surface area contributed by atoms with Crippen LogP contribution in [-0.2, 0) is 9.53 Å². The highest BCUT2D eigenvalue weighted by atomic mass is 16.6. The number of hydrogen-bond acceptors (Lipinski definition) is 2. The molecule has 0 aromatic rings. The van der Waals surface area contributed by atoms with E-state index < -0.39 is 0 Å². The van der Waals surface area contributed by atoms with Gasteiger partial charge < -0.3 is 4.74 Å². The number of carbonyl (C=O) groups excluding carboxylic acids is 1. The Balaban J connectivity index is 3.95. The quantitative estimate of drug-likeness (QED) is 0.594. The van der Waals surface area contributed by atoms with E-state index in [1.165, 1.54) is 6.92 Å². The van der Waals surface area contributed by atoms with Crippen LogP contribution < -0.4 is 0 Å². The van der Waals surface area contributed by atoms with Crippen LogP contribution in [0.4, 0.5) is 0 Å². The van der Waals surface area contributed by atoms with Gasteiger partial charge in [0.25, 0.3) is 0 Å². The molecule has 12 heavy (non-hydrogen) atoms. The monoisotopic (exact) mass is 171 g/mol. The van der Waals surface area contributed by atoms with Gasteiger partial charge in [-0.25, -0.2) is 0 Å². The maximum Gasteiger partial charge on any atom is 0.303 e. The molecule has 0 aliphatic rings. The fraction of sp³-hybridized carbons (Fsp3) is 0.800. The third kappa shape index (κ3) is 4.37. The summed E-state index contributed by atoms with van der Waals surface area (Å²) in [4.78, 5) is 10.7. The molecule has 0 rings (SSSR count). The summed E-state index contributed by atoms with van der Waals surface area (Å²) >= 11 is 0. The number of esters is 1. The lowest BCUT2D eigenvalue weighted by atomic mass is 9.96. The standard InChI is InChI=1S/C10H19O2/c1-5-7-8-10(4,6-2)12-9(3)11/h2,5-8H2,1,3-4H3. The molecule has 1 unspecified atom stereocenters. The molecule has 0 bridgehead atoms. The van der Waals surface area contributed by atoms with Gasteiger partial charge in [0.05, 0.1) is 0 Å². The molecular weight excluding hydrogens is 152 g/mol. The Hall–Kier alpha value is -0.530. The molecule has 0 aliphatic carbocycles. The molecule has 1 radical (unpaired) electrons. The third-order valence-electron chi connectivity index (χ3n) is 1.98. The predicted molar refractivity (Wildman–Crippen MR) is 49.7 cm³/mol. The van der Waals surface area contributed by atoms with Crippen molar-refractivity contribution in [1.29, 1.82) is 0 Å². The molecule has 0 aliphatic heterocycles. The minimum atomic E-state index is -0.345. The van der Waals surface area contributed by atoms with Gasteiger partial charge in [0.15, 0.2) is 0 Å². The van der Waals surface area contributed by atoms with Crippen molar-refractivity contribution >= 4 is 5.97 Å². The third-order valence-corrected chi connectivity index (χ3v) is 1.98. The van der Waals surface area contributed by atoms with Crippen molar-refractivity contribution in [1.82, 2.24) is 0 Å². The molecule has 2 nitrogen and oxygen atoms in total. The van der Waals surface area contributed by atoms with Gasteiger partial charge in [0, 0.05) is 6.92 Å². The lowest BCUT2D eigenvalue weighted by Gasteiger charge is -2.27. The largest absolute Gasteiger partial charge is 0.460 e. The summed E-state index contributed by atoms with van der Waals surface area (Å²) in [5.41, 5.74) is -0.345. The van der Waals surface area contributed by atoms with E-state index in [-0.39, 0.29) is 11.6 Å². The van der Waals surface area contributed by atoms with Crippen LogP contribution in [0.25, 0.3) is 0 Å². The summed E-state index contributed by atoms with van der Waals surface area (Å²) in [7, 11) is 0. The molecular formula is C10H19O2. The van der Waals surface area contributed by atoms with Gasteiger partial charge in [-0.1, -0.05) is 13.3 Å². The van der Waals surface area contributed by atoms with Crippen LogP contribution >= 0.6 is 0 Å². The molecule has 0 saturated carbocycles. The highest BCUT2D eigenvalue weighted by Crippen LogP contribution is 2.22. The van der Waals surface area contributed by atoms with E-state index in [9.17, 15) is 4.79 Å². The summed E-state index contributed by atoms with van der Waals surface area (Å²) in [5.74, 6) is -0.211. The van der Waals surface area contributed by atoms with Crippen LogP contribution in [0.5, 0.6) is 0 Å². The smallest absolute Gasteiger partial charge is 0.303 e. The predicted octanol–water partition coefficient (Wildman–Crippen LogP) is 2.72. The van der Waals surface area contributed by atoms with Gasteiger partial charge in [0.1, 0.15) is 5.60 Å². The van der Waals surface area contributed by atoms with Crippen molar-refractivity contribution in [3.63, 3.8) is 0 Å². The van der Waals surface area contributed by atoms with Crippen LogP contribution in [-0.4, -0.2) is 11.6 Å². The normalized spacial score (nSPS) is 15.3. The summed E-state index contributed by atoms with van der Waals surface area (Å²) < 4.78 is 5.19. The highest BCUT2D eigenvalue weighted by molar-refractivity contribution is 5.66. The first-order valence-corrected chi connectivity index (χ1v) is 4.53. The van der Waals surface area contributed by atoms with E-state index in [1.54, 1.807) is 0 Å². The van der Waals surface area contributed by atoms with Crippen molar-refractivity contribution in [3.8, 4) is 0 Å². The molecule has 2 heteroatoms. The molecule has 0 aromatic carbocycles. The van der Waals surface area contributed by atoms with E-state index in [0.717, 1.165) is 19.3 Å².